The predicted octanol–water partition coefficient (Wildman–Crippen LogP) is 4.04. The maximum atomic E-state index is 11.8. The molecule has 0 unspecified atom stereocenters. The Morgan fingerprint density at radius 2 is 1.09 bits per heavy atom. The van der Waals surface area contributed by atoms with E-state index in [1.54, 1.807) is 30.3 Å². The number of halogens is 1. The average molecular weight is 524 g/mol. The summed E-state index contributed by atoms with van der Waals surface area (Å²) in [6.45, 7) is 0. The van der Waals surface area contributed by atoms with Crippen LogP contribution >= 0.6 is 15.9 Å². The molecule has 2 aromatic carbocycles. The minimum absolute atomic E-state index is 0. The van der Waals surface area contributed by atoms with Gasteiger partial charge in [0.2, 0.25) is 0 Å². The first-order valence-electron chi connectivity index (χ1n) is 10.5. The summed E-state index contributed by atoms with van der Waals surface area (Å²) in [6.07, 6.45) is 8.18. The molecule has 0 atom stereocenters. The number of alkyl halides is 1. The summed E-state index contributed by atoms with van der Waals surface area (Å²) >= 11 is 3.44. The molecule has 1 radical (unpaired) electrons. The van der Waals surface area contributed by atoms with Crippen LogP contribution in [0.25, 0.3) is 0 Å². The molecule has 163 valence electrons. The molecule has 0 saturated heterocycles. The molecule has 2 N–H and O–H groups in total. The number of aryl methyl sites for hydroxylation is 1. The number of rotatable bonds is 8. The number of amides is 4. The van der Waals surface area contributed by atoms with Gasteiger partial charge in [0.25, 0.3) is 23.6 Å². The Morgan fingerprint density at radius 1 is 0.594 bits per heavy atom. The summed E-state index contributed by atoms with van der Waals surface area (Å²) in [5, 5.41) is 5.66. The van der Waals surface area contributed by atoms with E-state index < -0.39 is 0 Å². The van der Waals surface area contributed by atoms with Gasteiger partial charge in [-0.15, -0.1) is 0 Å². The first-order valence-corrected chi connectivity index (χ1v) is 11.6. The van der Waals surface area contributed by atoms with Crippen molar-refractivity contribution in [1.29, 1.82) is 0 Å². The van der Waals surface area contributed by atoms with Gasteiger partial charge in [-0.3, -0.25) is 29.8 Å². The molecule has 32 heavy (non-hydrogen) atoms. The second-order valence-corrected chi connectivity index (χ2v) is 8.31. The zero-order chi connectivity index (χ0) is 22.2. The van der Waals surface area contributed by atoms with E-state index in [4.69, 9.17) is 0 Å². The molecule has 0 spiro atoms. The number of nitrogens with one attached hydrogen (secondary N) is 2. The summed E-state index contributed by atoms with van der Waals surface area (Å²) in [7, 11) is 0. The fraction of sp³-hybridized carbons (Fsp3) is 0.333. The molecule has 0 bridgehead atoms. The van der Waals surface area contributed by atoms with Gasteiger partial charge in [0, 0.05) is 56.7 Å². The second kappa shape index (κ2) is 13.5. The van der Waals surface area contributed by atoms with E-state index in [0.717, 1.165) is 23.7 Å². The molecule has 0 saturated carbocycles. The van der Waals surface area contributed by atoms with Gasteiger partial charge in [0.15, 0.2) is 0 Å². The van der Waals surface area contributed by atoms with Gasteiger partial charge in [0.1, 0.15) is 0 Å². The summed E-state index contributed by atoms with van der Waals surface area (Å²) in [5.74, 6) is -1.10. The SMILES string of the molecule is O=C1NC(=O)c2c(CCCCCCCCBr)cccc21.O=C1NC(=O)c2ccccc21.[K]. The van der Waals surface area contributed by atoms with Gasteiger partial charge in [-0.2, -0.15) is 0 Å². The summed E-state index contributed by atoms with van der Waals surface area (Å²) < 4.78 is 0. The molecular weight excluding hydrogens is 499 g/mol. The minimum Gasteiger partial charge on any atom is -0.288 e. The van der Waals surface area contributed by atoms with Gasteiger partial charge >= 0.3 is 0 Å². The van der Waals surface area contributed by atoms with E-state index in [9.17, 15) is 19.2 Å². The van der Waals surface area contributed by atoms with Crippen LogP contribution in [-0.2, 0) is 6.42 Å². The summed E-state index contributed by atoms with van der Waals surface area (Å²) in [6, 6.07) is 12.3. The topological polar surface area (TPSA) is 92.3 Å². The third kappa shape index (κ3) is 6.92. The van der Waals surface area contributed by atoms with Crippen molar-refractivity contribution >= 4 is 90.9 Å². The Hall–Kier alpha value is -1.16. The first kappa shape index (κ1) is 27.1. The smallest absolute Gasteiger partial charge is 0.259 e. The van der Waals surface area contributed by atoms with Gasteiger partial charge in [0.05, 0.1) is 22.3 Å². The minimum atomic E-state index is -0.300. The van der Waals surface area contributed by atoms with E-state index >= 15 is 0 Å². The fourth-order valence-electron chi connectivity index (χ4n) is 3.73. The molecule has 4 rings (SSSR count). The quantitative estimate of drug-likeness (QED) is 0.236. The monoisotopic (exact) mass is 523 g/mol. The third-order valence-electron chi connectivity index (χ3n) is 5.32. The number of imide groups is 2. The summed E-state index contributed by atoms with van der Waals surface area (Å²) in [5.41, 5.74) is 3.07. The largest absolute Gasteiger partial charge is 0.288 e. The van der Waals surface area contributed by atoms with Crippen molar-refractivity contribution in [3.05, 3.63) is 70.3 Å². The number of fused-ring (bicyclic) bond motifs is 2. The van der Waals surface area contributed by atoms with E-state index in [2.05, 4.69) is 26.6 Å². The van der Waals surface area contributed by atoms with Gasteiger partial charge in [-0.05, 0) is 43.0 Å². The number of carbonyl (C=O) groups excluding carboxylic acids is 4. The molecule has 0 aromatic heterocycles. The third-order valence-corrected chi connectivity index (χ3v) is 5.88. The van der Waals surface area contributed by atoms with Gasteiger partial charge < -0.3 is 0 Å². The molecule has 0 aliphatic carbocycles. The zero-order valence-corrected chi connectivity index (χ0v) is 22.9. The van der Waals surface area contributed by atoms with Crippen molar-refractivity contribution < 1.29 is 19.2 Å². The molecule has 2 heterocycles. The predicted molar refractivity (Wildman–Crippen MR) is 127 cm³/mol. The van der Waals surface area contributed by atoms with Crippen LogP contribution in [0.5, 0.6) is 0 Å². The van der Waals surface area contributed by atoms with Crippen LogP contribution < -0.4 is 10.6 Å². The summed E-state index contributed by atoms with van der Waals surface area (Å²) in [4.78, 5) is 45.2. The molecular formula is C24H25BrKN2O4. The number of benzene rings is 2. The van der Waals surface area contributed by atoms with Crippen molar-refractivity contribution in [2.75, 3.05) is 5.33 Å². The van der Waals surface area contributed by atoms with Crippen LogP contribution in [0.4, 0.5) is 0 Å². The fourth-order valence-corrected chi connectivity index (χ4v) is 4.13. The molecule has 2 aliphatic heterocycles. The van der Waals surface area contributed by atoms with E-state index in [1.165, 1.54) is 32.1 Å². The van der Waals surface area contributed by atoms with Crippen LogP contribution in [0.2, 0.25) is 0 Å². The number of unbranched alkanes of at least 4 members (excludes halogenated alkanes) is 5. The molecule has 4 amide bonds. The zero-order valence-electron chi connectivity index (χ0n) is 18.2. The van der Waals surface area contributed by atoms with E-state index in [1.807, 2.05) is 12.1 Å². The van der Waals surface area contributed by atoms with Crippen LogP contribution in [0.15, 0.2) is 42.5 Å². The molecule has 6 nitrogen and oxygen atoms in total. The molecule has 2 aliphatic rings. The number of hydrogen-bond donors (Lipinski definition) is 2. The van der Waals surface area contributed by atoms with Crippen LogP contribution in [0, 0.1) is 0 Å². The first-order chi connectivity index (χ1) is 15.0. The Bertz CT molecular complexity index is 976. The van der Waals surface area contributed by atoms with Crippen molar-refractivity contribution in [3.63, 3.8) is 0 Å². The van der Waals surface area contributed by atoms with Crippen molar-refractivity contribution in [3.8, 4) is 0 Å². The molecule has 8 heteroatoms. The maximum Gasteiger partial charge on any atom is 0.259 e. The normalized spacial score (nSPS) is 13.4. The van der Waals surface area contributed by atoms with Crippen molar-refractivity contribution in [2.45, 2.75) is 44.9 Å². The van der Waals surface area contributed by atoms with Crippen LogP contribution in [-0.4, -0.2) is 80.3 Å². The van der Waals surface area contributed by atoms with Crippen LogP contribution in [0.3, 0.4) is 0 Å². The Morgan fingerprint density at radius 3 is 1.72 bits per heavy atom. The molecule has 0 fully saturated rings. The Balaban J connectivity index is 0.000000255. The van der Waals surface area contributed by atoms with Crippen molar-refractivity contribution in [2.24, 2.45) is 0 Å². The standard InChI is InChI=1S/C16H20BrNO2.C8H5NO2.K/c17-11-6-4-2-1-3-5-8-12-9-7-10-13-14(12)16(20)18-15(13)19;10-7-5-3-1-2-4-6(5)8(11)9-7;/h7,9-10H,1-6,8,11H2,(H,18,19,20);1-4H,(H,9,10,11);. The number of carbonyl (C=O) groups is 4. The second-order valence-electron chi connectivity index (χ2n) is 7.51. The van der Waals surface area contributed by atoms with Gasteiger partial charge in [-0.1, -0.05) is 65.9 Å². The van der Waals surface area contributed by atoms with Gasteiger partial charge in [-0.25, -0.2) is 0 Å². The maximum absolute atomic E-state index is 11.8. The van der Waals surface area contributed by atoms with Crippen LogP contribution in [0.1, 0.15) is 85.5 Å². The van der Waals surface area contributed by atoms with E-state index in [0.29, 0.717) is 22.3 Å². The Kier molecular flexibility index (Phi) is 11.4. The van der Waals surface area contributed by atoms with E-state index in [-0.39, 0.29) is 75.0 Å². The van der Waals surface area contributed by atoms with Crippen molar-refractivity contribution in [1.82, 2.24) is 10.6 Å². The average Bonchev–Trinajstić information content (AvgIpc) is 3.23. The number of hydrogen-bond acceptors (Lipinski definition) is 4. The molecule has 2 aromatic rings. The Labute approximate surface area is 238 Å².